The third-order valence-electron chi connectivity index (χ3n) is 3.45. The standard InChI is InChI=1S/C14H19BrN4S/c1-6-11-13(15)12(19(5)18-11)7-20-14-16-9(3)8(2)10(4)17-14/h6-7H2,1-5H3. The van der Waals surface area contributed by atoms with Crippen LogP contribution in [0, 0.1) is 20.8 Å². The fraction of sp³-hybridized carbons (Fsp3) is 0.500. The van der Waals surface area contributed by atoms with Gasteiger partial charge in [0.2, 0.25) is 0 Å². The van der Waals surface area contributed by atoms with E-state index in [0.717, 1.165) is 38.9 Å². The van der Waals surface area contributed by atoms with Crippen molar-refractivity contribution in [3.8, 4) is 0 Å². The molecule has 2 rings (SSSR count). The highest BCUT2D eigenvalue weighted by atomic mass is 79.9. The molecule has 2 heterocycles. The van der Waals surface area contributed by atoms with E-state index in [1.54, 1.807) is 11.8 Å². The van der Waals surface area contributed by atoms with Crippen LogP contribution in [0.1, 0.15) is 35.3 Å². The van der Waals surface area contributed by atoms with E-state index in [0.29, 0.717) is 0 Å². The lowest BCUT2D eigenvalue weighted by Gasteiger charge is -2.07. The highest BCUT2D eigenvalue weighted by Gasteiger charge is 2.14. The minimum atomic E-state index is 0.812. The Morgan fingerprint density at radius 2 is 1.75 bits per heavy atom. The van der Waals surface area contributed by atoms with Gasteiger partial charge in [-0.05, 0) is 48.7 Å². The van der Waals surface area contributed by atoms with Crippen LogP contribution in [0.5, 0.6) is 0 Å². The molecule has 0 unspecified atom stereocenters. The molecule has 0 saturated carbocycles. The van der Waals surface area contributed by atoms with Crippen LogP contribution >= 0.6 is 27.7 Å². The lowest BCUT2D eigenvalue weighted by Crippen LogP contribution is -2.00. The molecule has 0 atom stereocenters. The molecular weight excluding hydrogens is 336 g/mol. The summed E-state index contributed by atoms with van der Waals surface area (Å²) in [4.78, 5) is 9.08. The molecule has 0 saturated heterocycles. The van der Waals surface area contributed by atoms with E-state index in [4.69, 9.17) is 0 Å². The molecule has 0 fully saturated rings. The summed E-state index contributed by atoms with van der Waals surface area (Å²) in [5.74, 6) is 0.812. The van der Waals surface area contributed by atoms with E-state index >= 15 is 0 Å². The van der Waals surface area contributed by atoms with Crippen LogP contribution in [0.25, 0.3) is 0 Å². The molecule has 4 nitrogen and oxygen atoms in total. The summed E-state index contributed by atoms with van der Waals surface area (Å²) >= 11 is 5.29. The highest BCUT2D eigenvalue weighted by Crippen LogP contribution is 2.28. The van der Waals surface area contributed by atoms with Crippen LogP contribution in [0.2, 0.25) is 0 Å². The molecule has 0 aromatic carbocycles. The first-order valence-electron chi connectivity index (χ1n) is 6.58. The summed E-state index contributed by atoms with van der Waals surface area (Å²) in [7, 11) is 1.98. The topological polar surface area (TPSA) is 43.6 Å². The first-order valence-corrected chi connectivity index (χ1v) is 8.36. The van der Waals surface area contributed by atoms with Crippen molar-refractivity contribution in [2.24, 2.45) is 7.05 Å². The molecule has 108 valence electrons. The van der Waals surface area contributed by atoms with Crippen LogP contribution in [0.15, 0.2) is 9.63 Å². The zero-order valence-electron chi connectivity index (χ0n) is 12.5. The summed E-state index contributed by atoms with van der Waals surface area (Å²) in [6.45, 7) is 8.23. The van der Waals surface area contributed by atoms with E-state index in [1.807, 2.05) is 25.6 Å². The maximum Gasteiger partial charge on any atom is 0.188 e. The second kappa shape index (κ2) is 6.26. The highest BCUT2D eigenvalue weighted by molar-refractivity contribution is 9.10. The molecule has 0 aliphatic heterocycles. The van der Waals surface area contributed by atoms with Gasteiger partial charge >= 0.3 is 0 Å². The number of aromatic nitrogens is 4. The van der Waals surface area contributed by atoms with Crippen LogP contribution in [-0.2, 0) is 19.2 Å². The Morgan fingerprint density at radius 3 is 2.25 bits per heavy atom. The molecule has 0 spiro atoms. The fourth-order valence-corrected chi connectivity index (χ4v) is 3.86. The number of nitrogens with zero attached hydrogens (tertiary/aromatic N) is 4. The second-order valence-corrected chi connectivity index (χ2v) is 6.51. The fourth-order valence-electron chi connectivity index (χ4n) is 1.92. The van der Waals surface area contributed by atoms with Gasteiger partial charge in [-0.15, -0.1) is 0 Å². The van der Waals surface area contributed by atoms with E-state index in [1.165, 1.54) is 11.3 Å². The van der Waals surface area contributed by atoms with Crippen molar-refractivity contribution in [3.63, 3.8) is 0 Å². The van der Waals surface area contributed by atoms with Gasteiger partial charge in [0.15, 0.2) is 5.16 Å². The van der Waals surface area contributed by atoms with Crippen molar-refractivity contribution in [2.45, 2.75) is 45.0 Å². The van der Waals surface area contributed by atoms with Crippen molar-refractivity contribution in [3.05, 3.63) is 32.8 Å². The minimum absolute atomic E-state index is 0.812. The van der Waals surface area contributed by atoms with E-state index in [9.17, 15) is 0 Å². The molecule has 0 bridgehead atoms. The monoisotopic (exact) mass is 354 g/mol. The normalized spacial score (nSPS) is 11.1. The SMILES string of the molecule is CCc1nn(C)c(CSc2nc(C)c(C)c(C)n2)c1Br. The molecular formula is C14H19BrN4S. The number of hydrogen-bond acceptors (Lipinski definition) is 4. The van der Waals surface area contributed by atoms with E-state index in [2.05, 4.69) is 44.8 Å². The second-order valence-electron chi connectivity index (χ2n) is 4.78. The molecule has 0 aliphatic carbocycles. The molecule has 2 aromatic rings. The first-order chi connectivity index (χ1) is 9.43. The molecule has 20 heavy (non-hydrogen) atoms. The van der Waals surface area contributed by atoms with Crippen molar-refractivity contribution >= 4 is 27.7 Å². The quantitative estimate of drug-likeness (QED) is 0.619. The summed E-state index contributed by atoms with van der Waals surface area (Å²) in [5.41, 5.74) is 5.55. The minimum Gasteiger partial charge on any atom is -0.270 e. The maximum atomic E-state index is 4.54. The van der Waals surface area contributed by atoms with Crippen LogP contribution < -0.4 is 0 Å². The Balaban J connectivity index is 2.19. The zero-order chi connectivity index (χ0) is 14.9. The van der Waals surface area contributed by atoms with E-state index < -0.39 is 0 Å². The molecule has 0 amide bonds. The van der Waals surface area contributed by atoms with Crippen molar-refractivity contribution in [1.29, 1.82) is 0 Å². The maximum absolute atomic E-state index is 4.54. The zero-order valence-corrected chi connectivity index (χ0v) is 14.9. The van der Waals surface area contributed by atoms with Gasteiger partial charge in [0.25, 0.3) is 0 Å². The summed E-state index contributed by atoms with van der Waals surface area (Å²) in [5, 5.41) is 5.34. The van der Waals surface area contributed by atoms with Crippen LogP contribution in [0.3, 0.4) is 0 Å². The van der Waals surface area contributed by atoms with Gasteiger partial charge in [0, 0.05) is 24.2 Å². The van der Waals surface area contributed by atoms with Crippen molar-refractivity contribution < 1.29 is 0 Å². The molecule has 6 heteroatoms. The smallest absolute Gasteiger partial charge is 0.188 e. The van der Waals surface area contributed by atoms with Gasteiger partial charge in [-0.25, -0.2) is 9.97 Å². The number of halogens is 1. The van der Waals surface area contributed by atoms with Gasteiger partial charge in [-0.2, -0.15) is 5.10 Å². The largest absolute Gasteiger partial charge is 0.270 e. The predicted octanol–water partition coefficient (Wildman–Crippen LogP) is 3.75. The first kappa shape index (κ1) is 15.5. The Kier molecular flexibility index (Phi) is 4.86. The lowest BCUT2D eigenvalue weighted by atomic mass is 10.2. The van der Waals surface area contributed by atoms with Crippen molar-refractivity contribution in [2.75, 3.05) is 0 Å². The molecule has 2 aromatic heterocycles. The lowest BCUT2D eigenvalue weighted by molar-refractivity contribution is 0.719. The Hall–Kier alpha value is -0.880. The predicted molar refractivity (Wildman–Crippen MR) is 86.1 cm³/mol. The number of aryl methyl sites for hydroxylation is 4. The van der Waals surface area contributed by atoms with Gasteiger partial charge < -0.3 is 0 Å². The van der Waals surface area contributed by atoms with Crippen LogP contribution in [-0.4, -0.2) is 19.7 Å². The number of hydrogen-bond donors (Lipinski definition) is 0. The van der Waals surface area contributed by atoms with Gasteiger partial charge in [-0.3, -0.25) is 4.68 Å². The Labute approximate surface area is 132 Å². The molecule has 0 radical (unpaired) electrons. The summed E-state index contributed by atoms with van der Waals surface area (Å²) < 4.78 is 3.04. The van der Waals surface area contributed by atoms with Gasteiger partial charge in [0.05, 0.1) is 15.9 Å². The number of rotatable bonds is 4. The Bertz CT molecular complexity index is 613. The van der Waals surface area contributed by atoms with E-state index in [-0.39, 0.29) is 0 Å². The molecule has 0 N–H and O–H groups in total. The summed E-state index contributed by atoms with van der Waals surface area (Å²) in [6.07, 6.45) is 0.929. The molecule has 0 aliphatic rings. The third kappa shape index (κ3) is 3.06. The van der Waals surface area contributed by atoms with Crippen LogP contribution in [0.4, 0.5) is 0 Å². The average molecular weight is 355 g/mol. The van der Waals surface area contributed by atoms with Crippen molar-refractivity contribution in [1.82, 2.24) is 19.7 Å². The average Bonchev–Trinajstić information content (AvgIpc) is 2.68. The third-order valence-corrected chi connectivity index (χ3v) is 5.23. The van der Waals surface area contributed by atoms with Gasteiger partial charge in [-0.1, -0.05) is 18.7 Å². The van der Waals surface area contributed by atoms with Gasteiger partial charge in [0.1, 0.15) is 0 Å². The Morgan fingerprint density at radius 1 is 1.15 bits per heavy atom. The summed E-state index contributed by atoms with van der Waals surface area (Å²) in [6, 6.07) is 0. The number of thioether (sulfide) groups is 1.